The van der Waals surface area contributed by atoms with E-state index in [1.807, 2.05) is 49.4 Å². The van der Waals surface area contributed by atoms with Gasteiger partial charge in [-0.05, 0) is 30.2 Å². The van der Waals surface area contributed by atoms with E-state index in [0.717, 1.165) is 11.1 Å². The number of ketones is 1. The van der Waals surface area contributed by atoms with E-state index < -0.39 is 0 Å². The summed E-state index contributed by atoms with van der Waals surface area (Å²) in [6.45, 7) is 1.88. The van der Waals surface area contributed by atoms with Crippen LogP contribution in [0.1, 0.15) is 21.5 Å². The van der Waals surface area contributed by atoms with Gasteiger partial charge >= 0.3 is 0 Å². The molecule has 18 heavy (non-hydrogen) atoms. The summed E-state index contributed by atoms with van der Waals surface area (Å²) in [6, 6.07) is 15.2. The fraction of sp³-hybridized carbons (Fsp3) is 0.0625. The summed E-state index contributed by atoms with van der Waals surface area (Å²) in [4.78, 5) is 12.1. The second kappa shape index (κ2) is 5.65. The number of carbonyl (C=O) groups is 1. The van der Waals surface area contributed by atoms with Crippen molar-refractivity contribution in [3.63, 3.8) is 0 Å². The highest BCUT2D eigenvalue weighted by Crippen LogP contribution is 2.20. The lowest BCUT2D eigenvalue weighted by molar-refractivity contribution is 0.104. The Hall–Kier alpha value is -1.86. The largest absolute Gasteiger partial charge is 0.289 e. The molecule has 0 spiro atoms. The smallest absolute Gasteiger partial charge is 0.187 e. The number of hydrogen-bond donors (Lipinski definition) is 0. The van der Waals surface area contributed by atoms with Crippen molar-refractivity contribution in [1.29, 1.82) is 0 Å². The van der Waals surface area contributed by atoms with E-state index in [1.54, 1.807) is 18.2 Å². The van der Waals surface area contributed by atoms with Crippen molar-refractivity contribution in [3.05, 3.63) is 76.3 Å². The van der Waals surface area contributed by atoms with Gasteiger partial charge in [0.25, 0.3) is 0 Å². The molecule has 2 aromatic rings. The molecule has 90 valence electrons. The first-order chi connectivity index (χ1) is 8.68. The molecule has 0 aromatic heterocycles. The first kappa shape index (κ1) is 12.6. The van der Waals surface area contributed by atoms with E-state index in [-0.39, 0.29) is 5.78 Å². The van der Waals surface area contributed by atoms with Crippen LogP contribution < -0.4 is 0 Å². The van der Waals surface area contributed by atoms with Crippen molar-refractivity contribution in [2.75, 3.05) is 0 Å². The van der Waals surface area contributed by atoms with E-state index >= 15 is 0 Å². The number of aryl methyl sites for hydroxylation is 1. The summed E-state index contributed by atoms with van der Waals surface area (Å²) in [5.41, 5.74) is 2.46. The van der Waals surface area contributed by atoms with Crippen molar-refractivity contribution in [3.8, 4) is 0 Å². The van der Waals surface area contributed by atoms with Crippen LogP contribution in [-0.2, 0) is 0 Å². The first-order valence-corrected chi connectivity index (χ1v) is 6.09. The zero-order valence-corrected chi connectivity index (χ0v) is 10.8. The molecule has 0 bridgehead atoms. The Morgan fingerprint density at radius 3 is 2.44 bits per heavy atom. The Kier molecular flexibility index (Phi) is 3.96. The van der Waals surface area contributed by atoms with Crippen molar-refractivity contribution >= 4 is 23.5 Å². The Morgan fingerprint density at radius 1 is 1.06 bits per heavy atom. The molecule has 0 unspecified atom stereocenters. The van der Waals surface area contributed by atoms with Gasteiger partial charge in [0.2, 0.25) is 0 Å². The molecular formula is C16H13ClO. The molecule has 2 heteroatoms. The number of halogens is 1. The van der Waals surface area contributed by atoms with Crippen LogP contribution in [-0.4, -0.2) is 5.78 Å². The Bertz CT molecular complexity index is 565. The van der Waals surface area contributed by atoms with Crippen LogP contribution in [0.4, 0.5) is 0 Å². The summed E-state index contributed by atoms with van der Waals surface area (Å²) >= 11 is 6.05. The first-order valence-electron chi connectivity index (χ1n) is 5.71. The van der Waals surface area contributed by atoms with Gasteiger partial charge in [0.1, 0.15) is 0 Å². The summed E-state index contributed by atoms with van der Waals surface area (Å²) < 4.78 is 0. The fourth-order valence-corrected chi connectivity index (χ4v) is 2.08. The fourth-order valence-electron chi connectivity index (χ4n) is 1.76. The molecule has 0 aliphatic rings. The highest BCUT2D eigenvalue weighted by molar-refractivity contribution is 6.35. The molecule has 0 N–H and O–H groups in total. The van der Waals surface area contributed by atoms with Gasteiger partial charge in [-0.3, -0.25) is 4.79 Å². The van der Waals surface area contributed by atoms with Gasteiger partial charge in [0, 0.05) is 5.56 Å². The molecule has 0 aliphatic heterocycles. The maximum Gasteiger partial charge on any atom is 0.187 e. The summed E-state index contributed by atoms with van der Waals surface area (Å²) in [5.74, 6) is -0.0676. The van der Waals surface area contributed by atoms with E-state index in [9.17, 15) is 4.79 Å². The standard InChI is InChI=1S/C16H13ClO/c1-12-6-5-9-14(17)16(12)15(18)11-10-13-7-3-2-4-8-13/h2-11H,1H3/b11-10+. The minimum absolute atomic E-state index is 0.0676. The van der Waals surface area contributed by atoms with Crippen LogP contribution in [0.25, 0.3) is 6.08 Å². The lowest BCUT2D eigenvalue weighted by atomic mass is 10.0. The van der Waals surface area contributed by atoms with Crippen molar-refractivity contribution < 1.29 is 4.79 Å². The van der Waals surface area contributed by atoms with Gasteiger partial charge in [0.05, 0.1) is 5.02 Å². The van der Waals surface area contributed by atoms with Gasteiger partial charge in [-0.15, -0.1) is 0 Å². The van der Waals surface area contributed by atoms with Gasteiger partial charge < -0.3 is 0 Å². The number of benzene rings is 2. The Morgan fingerprint density at radius 2 is 1.78 bits per heavy atom. The zero-order chi connectivity index (χ0) is 13.0. The summed E-state index contributed by atoms with van der Waals surface area (Å²) in [7, 11) is 0. The third-order valence-corrected chi connectivity index (χ3v) is 3.01. The van der Waals surface area contributed by atoms with Crippen LogP contribution in [0.5, 0.6) is 0 Å². The Balaban J connectivity index is 2.26. The second-order valence-corrected chi connectivity index (χ2v) is 4.45. The molecule has 2 rings (SSSR count). The van der Waals surface area contributed by atoms with Crippen LogP contribution in [0.3, 0.4) is 0 Å². The molecule has 0 amide bonds. The minimum atomic E-state index is -0.0676. The lowest BCUT2D eigenvalue weighted by Gasteiger charge is -2.03. The number of hydrogen-bond acceptors (Lipinski definition) is 1. The van der Waals surface area contributed by atoms with Gasteiger partial charge in [0.15, 0.2) is 5.78 Å². The lowest BCUT2D eigenvalue weighted by Crippen LogP contribution is -1.98. The summed E-state index contributed by atoms with van der Waals surface area (Å²) in [6.07, 6.45) is 3.36. The number of rotatable bonds is 3. The molecule has 0 fully saturated rings. The SMILES string of the molecule is Cc1cccc(Cl)c1C(=O)/C=C/c1ccccc1. The highest BCUT2D eigenvalue weighted by atomic mass is 35.5. The molecule has 0 atom stereocenters. The molecule has 1 nitrogen and oxygen atoms in total. The van der Waals surface area contributed by atoms with Crippen LogP contribution >= 0.6 is 11.6 Å². The average molecular weight is 257 g/mol. The molecule has 0 saturated heterocycles. The highest BCUT2D eigenvalue weighted by Gasteiger charge is 2.09. The predicted molar refractivity (Wildman–Crippen MR) is 76.0 cm³/mol. The van der Waals surface area contributed by atoms with Crippen LogP contribution in [0.15, 0.2) is 54.6 Å². The van der Waals surface area contributed by atoms with Crippen molar-refractivity contribution in [2.24, 2.45) is 0 Å². The maximum atomic E-state index is 12.1. The van der Waals surface area contributed by atoms with Gasteiger partial charge in [-0.1, -0.05) is 60.1 Å². The second-order valence-electron chi connectivity index (χ2n) is 4.04. The topological polar surface area (TPSA) is 17.1 Å². The number of allylic oxidation sites excluding steroid dienone is 1. The predicted octanol–water partition coefficient (Wildman–Crippen LogP) is 4.54. The minimum Gasteiger partial charge on any atom is -0.289 e. The van der Waals surface area contributed by atoms with Crippen LogP contribution in [0, 0.1) is 6.92 Å². The number of carbonyl (C=O) groups excluding carboxylic acids is 1. The average Bonchev–Trinajstić information content (AvgIpc) is 2.37. The molecule has 0 radical (unpaired) electrons. The van der Waals surface area contributed by atoms with Crippen molar-refractivity contribution in [2.45, 2.75) is 6.92 Å². The van der Waals surface area contributed by atoms with Crippen molar-refractivity contribution in [1.82, 2.24) is 0 Å². The molecule has 0 aliphatic carbocycles. The van der Waals surface area contributed by atoms with Gasteiger partial charge in [-0.2, -0.15) is 0 Å². The van der Waals surface area contributed by atoms with Gasteiger partial charge in [-0.25, -0.2) is 0 Å². The Labute approximate surface area is 112 Å². The maximum absolute atomic E-state index is 12.1. The summed E-state index contributed by atoms with van der Waals surface area (Å²) in [5, 5.41) is 0.498. The van der Waals surface area contributed by atoms with Crippen LogP contribution in [0.2, 0.25) is 5.02 Å². The third-order valence-electron chi connectivity index (χ3n) is 2.70. The van der Waals surface area contributed by atoms with E-state index in [4.69, 9.17) is 11.6 Å². The van der Waals surface area contributed by atoms with E-state index in [0.29, 0.717) is 10.6 Å². The zero-order valence-electron chi connectivity index (χ0n) is 10.1. The molecule has 0 heterocycles. The van der Waals surface area contributed by atoms with E-state index in [2.05, 4.69) is 0 Å². The quantitative estimate of drug-likeness (QED) is 0.582. The normalized spacial score (nSPS) is 10.8. The monoisotopic (exact) mass is 256 g/mol. The molecule has 2 aromatic carbocycles. The molecular weight excluding hydrogens is 244 g/mol. The third kappa shape index (κ3) is 2.88. The molecule has 0 saturated carbocycles. The van der Waals surface area contributed by atoms with E-state index in [1.165, 1.54) is 0 Å².